The van der Waals surface area contributed by atoms with E-state index in [0.29, 0.717) is 41.8 Å². The molecule has 0 saturated heterocycles. The maximum Gasteiger partial charge on any atom is 0.255 e. The molecule has 1 N–H and O–H groups in total. The van der Waals surface area contributed by atoms with E-state index < -0.39 is 0 Å². The largest absolute Gasteiger partial charge is 0.490 e. The molecule has 0 unspecified atom stereocenters. The molecule has 4 rings (SSSR count). The van der Waals surface area contributed by atoms with Crippen LogP contribution in [0.5, 0.6) is 11.5 Å². The van der Waals surface area contributed by atoms with Crippen molar-refractivity contribution in [3.05, 3.63) is 83.9 Å². The molecule has 0 atom stereocenters. The maximum absolute atomic E-state index is 12.9. The topological polar surface area (TPSA) is 104 Å². The van der Waals surface area contributed by atoms with Gasteiger partial charge < -0.3 is 14.8 Å². The molecule has 9 heteroatoms. The lowest BCUT2D eigenvalue weighted by Gasteiger charge is -2.14. The molecule has 0 radical (unpaired) electrons. The third-order valence-corrected chi connectivity index (χ3v) is 4.60. The molecule has 0 aliphatic heterocycles. The second kappa shape index (κ2) is 9.69. The Morgan fingerprint density at radius 3 is 2.72 bits per heavy atom. The van der Waals surface area contributed by atoms with Gasteiger partial charge in [0, 0.05) is 29.2 Å². The van der Waals surface area contributed by atoms with E-state index in [1.165, 1.54) is 0 Å². The van der Waals surface area contributed by atoms with Gasteiger partial charge in [0.2, 0.25) is 0 Å². The monoisotopic (exact) mass is 430 g/mol. The van der Waals surface area contributed by atoms with Gasteiger partial charge in [-0.2, -0.15) is 4.68 Å². The summed E-state index contributed by atoms with van der Waals surface area (Å²) < 4.78 is 13.2. The van der Waals surface area contributed by atoms with Gasteiger partial charge >= 0.3 is 0 Å². The Labute approximate surface area is 185 Å². The van der Waals surface area contributed by atoms with Crippen molar-refractivity contribution in [3.8, 4) is 17.2 Å². The second-order valence-electron chi connectivity index (χ2n) is 6.89. The molecule has 32 heavy (non-hydrogen) atoms. The molecule has 0 aliphatic carbocycles. The summed E-state index contributed by atoms with van der Waals surface area (Å²) in [5.41, 5.74) is 2.76. The fourth-order valence-corrected chi connectivity index (χ4v) is 3.07. The number of tetrazole rings is 1. The van der Waals surface area contributed by atoms with Gasteiger partial charge in [-0.3, -0.25) is 9.78 Å². The first-order valence-corrected chi connectivity index (χ1v) is 10.1. The minimum atomic E-state index is -0.268. The number of nitrogens with zero attached hydrogens (tertiary/aromatic N) is 5. The summed E-state index contributed by atoms with van der Waals surface area (Å²) in [5, 5.41) is 14.4. The molecule has 0 fully saturated rings. The number of amides is 1. The molecule has 2 aromatic carbocycles. The molecule has 0 saturated carbocycles. The Morgan fingerprint density at radius 2 is 1.97 bits per heavy atom. The first-order valence-electron chi connectivity index (χ1n) is 10.1. The SMILES string of the molecule is CCOc1cc(C(=O)Nc2cccc(-n3nnnc3C)c2)ccc1OCc1cccnc1. The van der Waals surface area contributed by atoms with Crippen molar-refractivity contribution in [2.75, 3.05) is 11.9 Å². The minimum absolute atomic E-state index is 0.268. The van der Waals surface area contributed by atoms with Gasteiger partial charge in [-0.05, 0) is 66.7 Å². The number of pyridine rings is 1. The Balaban J connectivity index is 1.50. The van der Waals surface area contributed by atoms with Crippen LogP contribution < -0.4 is 14.8 Å². The molecule has 0 spiro atoms. The number of rotatable bonds is 8. The molecular weight excluding hydrogens is 408 g/mol. The average molecular weight is 430 g/mol. The van der Waals surface area contributed by atoms with E-state index in [9.17, 15) is 4.79 Å². The van der Waals surface area contributed by atoms with Gasteiger partial charge in [0.1, 0.15) is 6.61 Å². The lowest BCUT2D eigenvalue weighted by molar-refractivity contribution is 0.102. The summed E-state index contributed by atoms with van der Waals surface area (Å²) in [7, 11) is 0. The number of aryl methyl sites for hydroxylation is 1. The number of nitrogens with one attached hydrogen (secondary N) is 1. The zero-order valence-corrected chi connectivity index (χ0v) is 17.7. The van der Waals surface area contributed by atoms with E-state index in [4.69, 9.17) is 9.47 Å². The van der Waals surface area contributed by atoms with Crippen molar-refractivity contribution >= 4 is 11.6 Å². The summed E-state index contributed by atoms with van der Waals surface area (Å²) in [6.07, 6.45) is 3.45. The second-order valence-corrected chi connectivity index (χ2v) is 6.89. The van der Waals surface area contributed by atoms with Crippen LogP contribution >= 0.6 is 0 Å². The van der Waals surface area contributed by atoms with Crippen molar-refractivity contribution in [3.63, 3.8) is 0 Å². The number of hydrogen-bond acceptors (Lipinski definition) is 7. The highest BCUT2D eigenvalue weighted by molar-refractivity contribution is 6.04. The Bertz CT molecular complexity index is 1210. The van der Waals surface area contributed by atoms with Crippen LogP contribution in [0.1, 0.15) is 28.7 Å². The van der Waals surface area contributed by atoms with Crippen LogP contribution in [0.15, 0.2) is 67.0 Å². The van der Waals surface area contributed by atoms with Crippen LogP contribution in [0.2, 0.25) is 0 Å². The fraction of sp³-hybridized carbons (Fsp3) is 0.174. The predicted molar refractivity (Wildman–Crippen MR) is 118 cm³/mol. The third kappa shape index (κ3) is 4.89. The van der Waals surface area contributed by atoms with Gasteiger partial charge in [-0.15, -0.1) is 5.10 Å². The highest BCUT2D eigenvalue weighted by Gasteiger charge is 2.13. The molecule has 0 aliphatic rings. The van der Waals surface area contributed by atoms with Crippen LogP contribution in [0.4, 0.5) is 5.69 Å². The fourth-order valence-electron chi connectivity index (χ4n) is 3.07. The lowest BCUT2D eigenvalue weighted by Crippen LogP contribution is -2.13. The number of benzene rings is 2. The van der Waals surface area contributed by atoms with Crippen molar-refractivity contribution < 1.29 is 14.3 Å². The van der Waals surface area contributed by atoms with E-state index in [0.717, 1.165) is 11.3 Å². The van der Waals surface area contributed by atoms with Crippen LogP contribution in [-0.2, 0) is 6.61 Å². The van der Waals surface area contributed by atoms with Crippen molar-refractivity contribution in [2.24, 2.45) is 0 Å². The van der Waals surface area contributed by atoms with E-state index in [-0.39, 0.29) is 5.91 Å². The molecule has 0 bridgehead atoms. The van der Waals surface area contributed by atoms with Crippen molar-refractivity contribution in [2.45, 2.75) is 20.5 Å². The van der Waals surface area contributed by atoms with Gasteiger partial charge in [-0.1, -0.05) is 12.1 Å². The molecule has 1 amide bonds. The number of ether oxygens (including phenoxy) is 2. The first-order chi connectivity index (χ1) is 15.6. The zero-order valence-electron chi connectivity index (χ0n) is 17.7. The molecule has 9 nitrogen and oxygen atoms in total. The third-order valence-electron chi connectivity index (χ3n) is 4.60. The summed E-state index contributed by atoms with van der Waals surface area (Å²) in [6.45, 7) is 4.48. The first kappa shape index (κ1) is 21.0. The normalized spacial score (nSPS) is 10.6. The summed E-state index contributed by atoms with van der Waals surface area (Å²) in [6, 6.07) is 16.2. The molecule has 162 valence electrons. The highest BCUT2D eigenvalue weighted by atomic mass is 16.5. The van der Waals surface area contributed by atoms with Crippen LogP contribution in [0.3, 0.4) is 0 Å². The standard InChI is InChI=1S/C23H22N6O3/c1-3-31-22-12-18(9-10-21(22)32-15-17-6-5-11-24-14-17)23(30)25-19-7-4-8-20(13-19)29-16(2)26-27-28-29/h4-14H,3,15H2,1-2H3,(H,25,30). The summed E-state index contributed by atoms with van der Waals surface area (Å²) in [4.78, 5) is 16.9. The van der Waals surface area contributed by atoms with Crippen molar-refractivity contribution in [1.82, 2.24) is 25.2 Å². The summed E-state index contributed by atoms with van der Waals surface area (Å²) in [5.74, 6) is 1.44. The Hall–Kier alpha value is -4.27. The van der Waals surface area contributed by atoms with Gasteiger partial charge in [-0.25, -0.2) is 0 Å². The number of aromatic nitrogens is 5. The molecule has 4 aromatic rings. The van der Waals surface area contributed by atoms with Gasteiger partial charge in [0.25, 0.3) is 5.91 Å². The van der Waals surface area contributed by atoms with Crippen LogP contribution in [0.25, 0.3) is 5.69 Å². The van der Waals surface area contributed by atoms with Crippen LogP contribution in [-0.4, -0.2) is 37.7 Å². The smallest absolute Gasteiger partial charge is 0.255 e. The molecule has 2 aromatic heterocycles. The minimum Gasteiger partial charge on any atom is -0.490 e. The zero-order chi connectivity index (χ0) is 22.3. The Kier molecular flexibility index (Phi) is 6.35. The Morgan fingerprint density at radius 1 is 1.06 bits per heavy atom. The van der Waals surface area contributed by atoms with E-state index in [1.807, 2.05) is 31.2 Å². The van der Waals surface area contributed by atoms with E-state index in [1.54, 1.807) is 54.3 Å². The highest BCUT2D eigenvalue weighted by Crippen LogP contribution is 2.29. The number of anilines is 1. The quantitative estimate of drug-likeness (QED) is 0.455. The molecule has 2 heterocycles. The average Bonchev–Trinajstić information content (AvgIpc) is 3.25. The van der Waals surface area contributed by atoms with Gasteiger partial charge in [0.05, 0.1) is 12.3 Å². The van der Waals surface area contributed by atoms with Crippen molar-refractivity contribution in [1.29, 1.82) is 0 Å². The lowest BCUT2D eigenvalue weighted by atomic mass is 10.1. The van der Waals surface area contributed by atoms with E-state index in [2.05, 4.69) is 25.8 Å². The maximum atomic E-state index is 12.9. The van der Waals surface area contributed by atoms with Crippen LogP contribution in [0, 0.1) is 6.92 Å². The number of carbonyl (C=O) groups is 1. The van der Waals surface area contributed by atoms with E-state index >= 15 is 0 Å². The van der Waals surface area contributed by atoms with Gasteiger partial charge in [0.15, 0.2) is 17.3 Å². The number of hydrogen-bond donors (Lipinski definition) is 1. The molecular formula is C23H22N6O3. The summed E-state index contributed by atoms with van der Waals surface area (Å²) >= 11 is 0. The predicted octanol–water partition coefficient (Wildman–Crippen LogP) is 3.60. The number of carbonyl (C=O) groups excluding carboxylic acids is 1.